The van der Waals surface area contributed by atoms with Gasteiger partial charge >= 0.3 is 0 Å². The number of hydrogen-bond acceptors (Lipinski definition) is 3. The number of aryl methyl sites for hydroxylation is 1. The van der Waals surface area contributed by atoms with Gasteiger partial charge in [0.25, 0.3) is 0 Å². The Bertz CT molecular complexity index is 503. The summed E-state index contributed by atoms with van der Waals surface area (Å²) >= 11 is 0. The molecule has 0 aliphatic rings. The first-order valence-electron chi connectivity index (χ1n) is 5.54. The van der Waals surface area contributed by atoms with Gasteiger partial charge in [0.15, 0.2) is 0 Å². The van der Waals surface area contributed by atoms with Crippen molar-refractivity contribution in [1.82, 2.24) is 9.78 Å². The largest absolute Gasteiger partial charge is 0.394 e. The molecule has 0 bridgehead atoms. The Morgan fingerprint density at radius 2 is 2.00 bits per heavy atom. The fourth-order valence-corrected chi connectivity index (χ4v) is 1.83. The minimum Gasteiger partial charge on any atom is -0.394 e. The van der Waals surface area contributed by atoms with Crippen molar-refractivity contribution in [2.75, 3.05) is 6.61 Å². The second-order valence-electron chi connectivity index (χ2n) is 4.48. The van der Waals surface area contributed by atoms with E-state index in [-0.39, 0.29) is 6.61 Å². The number of benzene rings is 1. The predicted octanol–water partition coefficient (Wildman–Crippen LogP) is 1.25. The topological polar surface area (TPSA) is 64.1 Å². The van der Waals surface area contributed by atoms with Crippen LogP contribution in [0.1, 0.15) is 12.6 Å². The molecule has 0 amide bonds. The van der Waals surface area contributed by atoms with E-state index in [0.717, 1.165) is 17.0 Å². The lowest BCUT2D eigenvalue weighted by molar-refractivity contribution is 0.203. The summed E-state index contributed by atoms with van der Waals surface area (Å²) in [6.45, 7) is 1.68. The lowest BCUT2D eigenvalue weighted by Gasteiger charge is -2.21. The number of nitrogens with two attached hydrogens (primary N) is 1. The molecule has 3 N–H and O–H groups in total. The van der Waals surface area contributed by atoms with Gasteiger partial charge in [0.1, 0.15) is 0 Å². The molecule has 90 valence electrons. The molecule has 0 saturated heterocycles. The van der Waals surface area contributed by atoms with Crippen molar-refractivity contribution >= 4 is 0 Å². The molecule has 1 unspecified atom stereocenters. The van der Waals surface area contributed by atoms with Crippen LogP contribution in [0.3, 0.4) is 0 Å². The zero-order valence-corrected chi connectivity index (χ0v) is 10.1. The van der Waals surface area contributed by atoms with Crippen LogP contribution in [0.5, 0.6) is 0 Å². The summed E-state index contributed by atoms with van der Waals surface area (Å²) in [5, 5.41) is 13.7. The Morgan fingerprint density at radius 3 is 2.59 bits per heavy atom. The van der Waals surface area contributed by atoms with E-state index in [0.29, 0.717) is 0 Å². The molecular weight excluding hydrogens is 214 g/mol. The van der Waals surface area contributed by atoms with Crippen LogP contribution in [0.4, 0.5) is 0 Å². The first-order valence-corrected chi connectivity index (χ1v) is 5.54. The van der Waals surface area contributed by atoms with Gasteiger partial charge in [-0.05, 0) is 13.0 Å². The number of aliphatic hydroxyl groups excluding tert-OH is 1. The van der Waals surface area contributed by atoms with Crippen LogP contribution in [-0.4, -0.2) is 21.5 Å². The number of aromatic nitrogens is 2. The van der Waals surface area contributed by atoms with Crippen LogP contribution >= 0.6 is 0 Å². The molecule has 2 aromatic rings. The van der Waals surface area contributed by atoms with Crippen LogP contribution in [0, 0.1) is 0 Å². The molecule has 0 spiro atoms. The van der Waals surface area contributed by atoms with Crippen molar-refractivity contribution in [3.63, 3.8) is 0 Å². The maximum absolute atomic E-state index is 9.29. The Labute approximate surface area is 101 Å². The smallest absolute Gasteiger partial charge is 0.0926 e. The van der Waals surface area contributed by atoms with Gasteiger partial charge in [-0.25, -0.2) is 0 Å². The normalized spacial score (nSPS) is 14.6. The zero-order valence-electron chi connectivity index (χ0n) is 10.1. The van der Waals surface area contributed by atoms with E-state index in [9.17, 15) is 5.11 Å². The van der Waals surface area contributed by atoms with E-state index >= 15 is 0 Å². The SMILES string of the molecule is Cn1nc(-c2ccccc2)cc1C(C)(N)CO. The van der Waals surface area contributed by atoms with Gasteiger partial charge in [0, 0.05) is 12.6 Å². The standard InChI is InChI=1S/C13H17N3O/c1-13(14,9-17)12-8-11(15-16(12)2)10-6-4-3-5-7-10/h3-8,17H,9,14H2,1-2H3. The van der Waals surface area contributed by atoms with Crippen molar-refractivity contribution in [3.8, 4) is 11.3 Å². The monoisotopic (exact) mass is 231 g/mol. The Balaban J connectivity index is 2.45. The first-order chi connectivity index (χ1) is 8.04. The molecule has 4 heteroatoms. The fourth-order valence-electron chi connectivity index (χ4n) is 1.83. The zero-order chi connectivity index (χ0) is 12.5. The number of hydrogen-bond donors (Lipinski definition) is 2. The summed E-state index contributed by atoms with van der Waals surface area (Å²) in [7, 11) is 1.84. The first kappa shape index (κ1) is 11.8. The lowest BCUT2D eigenvalue weighted by Crippen LogP contribution is -2.38. The highest BCUT2D eigenvalue weighted by Crippen LogP contribution is 2.23. The molecule has 17 heavy (non-hydrogen) atoms. The van der Waals surface area contributed by atoms with Crippen molar-refractivity contribution in [2.45, 2.75) is 12.5 Å². The predicted molar refractivity (Wildman–Crippen MR) is 67.3 cm³/mol. The molecule has 0 fully saturated rings. The fraction of sp³-hybridized carbons (Fsp3) is 0.308. The van der Waals surface area contributed by atoms with Gasteiger partial charge < -0.3 is 10.8 Å². The summed E-state index contributed by atoms with van der Waals surface area (Å²) in [5.41, 5.74) is 7.98. The summed E-state index contributed by atoms with van der Waals surface area (Å²) in [6, 6.07) is 11.8. The van der Waals surface area contributed by atoms with Gasteiger partial charge in [-0.15, -0.1) is 0 Å². The van der Waals surface area contributed by atoms with Gasteiger partial charge in [0.05, 0.1) is 23.5 Å². The molecule has 0 radical (unpaired) electrons. The number of aliphatic hydroxyl groups is 1. The van der Waals surface area contributed by atoms with Gasteiger partial charge in [-0.1, -0.05) is 30.3 Å². The molecule has 1 heterocycles. The summed E-state index contributed by atoms with van der Waals surface area (Å²) in [6.07, 6.45) is 0. The molecule has 1 atom stereocenters. The van der Waals surface area contributed by atoms with E-state index in [1.54, 1.807) is 11.6 Å². The highest BCUT2D eigenvalue weighted by molar-refractivity contribution is 5.59. The van der Waals surface area contributed by atoms with E-state index < -0.39 is 5.54 Å². The van der Waals surface area contributed by atoms with E-state index in [1.165, 1.54) is 0 Å². The second kappa shape index (κ2) is 4.31. The van der Waals surface area contributed by atoms with Gasteiger partial charge in [0.2, 0.25) is 0 Å². The lowest BCUT2D eigenvalue weighted by atomic mass is 9.99. The number of rotatable bonds is 3. The van der Waals surface area contributed by atoms with Crippen LogP contribution in [0.15, 0.2) is 36.4 Å². The highest BCUT2D eigenvalue weighted by atomic mass is 16.3. The molecule has 2 rings (SSSR count). The third kappa shape index (κ3) is 2.23. The molecule has 0 aliphatic carbocycles. The minimum atomic E-state index is -0.769. The van der Waals surface area contributed by atoms with Crippen LogP contribution < -0.4 is 5.73 Å². The highest BCUT2D eigenvalue weighted by Gasteiger charge is 2.24. The Kier molecular flexibility index (Phi) is 3.00. The molecular formula is C13H17N3O. The quantitative estimate of drug-likeness (QED) is 0.835. The Morgan fingerprint density at radius 1 is 1.35 bits per heavy atom. The molecule has 4 nitrogen and oxygen atoms in total. The van der Waals surface area contributed by atoms with Gasteiger partial charge in [-0.2, -0.15) is 5.10 Å². The van der Waals surface area contributed by atoms with Crippen molar-refractivity contribution in [1.29, 1.82) is 0 Å². The second-order valence-corrected chi connectivity index (χ2v) is 4.48. The summed E-state index contributed by atoms with van der Waals surface area (Å²) < 4.78 is 1.72. The van der Waals surface area contributed by atoms with Crippen LogP contribution in [0.2, 0.25) is 0 Å². The van der Waals surface area contributed by atoms with Gasteiger partial charge in [-0.3, -0.25) is 4.68 Å². The third-order valence-electron chi connectivity index (χ3n) is 2.86. The molecule has 0 aliphatic heterocycles. The molecule has 1 aromatic heterocycles. The summed E-state index contributed by atoms with van der Waals surface area (Å²) in [4.78, 5) is 0. The average Bonchev–Trinajstić information content (AvgIpc) is 2.73. The maximum atomic E-state index is 9.29. The van der Waals surface area contributed by atoms with E-state index in [2.05, 4.69) is 5.10 Å². The maximum Gasteiger partial charge on any atom is 0.0926 e. The van der Waals surface area contributed by atoms with Crippen LogP contribution in [0.25, 0.3) is 11.3 Å². The third-order valence-corrected chi connectivity index (χ3v) is 2.86. The van der Waals surface area contributed by atoms with E-state index in [1.807, 2.05) is 43.4 Å². The number of nitrogens with zero attached hydrogens (tertiary/aromatic N) is 2. The van der Waals surface area contributed by atoms with E-state index in [4.69, 9.17) is 5.73 Å². The summed E-state index contributed by atoms with van der Waals surface area (Å²) in [5.74, 6) is 0. The Hall–Kier alpha value is -1.65. The minimum absolute atomic E-state index is 0.110. The van der Waals surface area contributed by atoms with Crippen molar-refractivity contribution in [2.24, 2.45) is 12.8 Å². The van der Waals surface area contributed by atoms with Crippen molar-refractivity contribution < 1.29 is 5.11 Å². The van der Waals surface area contributed by atoms with Crippen molar-refractivity contribution in [3.05, 3.63) is 42.1 Å². The molecule has 1 aromatic carbocycles. The molecule has 0 saturated carbocycles. The van der Waals surface area contributed by atoms with Crippen LogP contribution in [-0.2, 0) is 12.6 Å². The average molecular weight is 231 g/mol.